The van der Waals surface area contributed by atoms with Crippen LogP contribution in [0.1, 0.15) is 174 Å². The molecule has 10 heteroatoms. The molecule has 0 spiro atoms. The molecule has 0 bridgehead atoms. The molecular weight excluding hydrogens is 641 g/mol. The third-order valence-electron chi connectivity index (χ3n) is 10.1. The van der Waals surface area contributed by atoms with Crippen LogP contribution in [0.5, 0.6) is 0 Å². The number of hydrogen-bond donors (Lipinski definition) is 6. The summed E-state index contributed by atoms with van der Waals surface area (Å²) in [4.78, 5) is 12.9. The van der Waals surface area contributed by atoms with Gasteiger partial charge in [0.15, 0.2) is 6.29 Å². The molecular formula is C40H76FNO8. The number of ether oxygens (including phenoxy) is 2. The average Bonchev–Trinajstić information content (AvgIpc) is 3.08. The molecule has 0 aliphatic carbocycles. The second kappa shape index (κ2) is 30.3. The zero-order valence-corrected chi connectivity index (χ0v) is 31.8. The molecule has 0 aromatic heterocycles. The number of carbonyl (C=O) groups excluding carboxylic acids is 1. The standard InChI is InChI=1S/C40H76FNO8/c1-4-5-6-7-8-9-10-11-12-13-17-20-23-26-34(44)33(30-49-40-39(48)38(47)37(46)35(29-43)50-40)42-36(45)27-24-21-18-15-14-16-19-22-25-31(2)28-32(3)41/h31,33-35,37-40,43-44,46-48H,3-30H2,1-2H3,(H,42,45)/t31?,33-,34+,35?,37?,38?,39?,40?/m0/s1. The number of rotatable bonds is 33. The molecule has 0 saturated carbocycles. The lowest BCUT2D eigenvalue weighted by molar-refractivity contribution is -0.302. The molecule has 1 fully saturated rings. The van der Waals surface area contributed by atoms with Gasteiger partial charge in [-0.25, -0.2) is 4.39 Å². The topological polar surface area (TPSA) is 149 Å². The molecule has 0 aromatic carbocycles. The van der Waals surface area contributed by atoms with Crippen LogP contribution in [0.3, 0.4) is 0 Å². The summed E-state index contributed by atoms with van der Waals surface area (Å²) in [6.07, 6.45) is 18.8. The van der Waals surface area contributed by atoms with E-state index < -0.39 is 49.5 Å². The Hall–Kier alpha value is -1.14. The van der Waals surface area contributed by atoms with Crippen molar-refractivity contribution in [3.05, 3.63) is 12.4 Å². The van der Waals surface area contributed by atoms with Crippen molar-refractivity contribution in [2.24, 2.45) is 5.92 Å². The summed E-state index contributed by atoms with van der Waals surface area (Å²) < 4.78 is 24.1. The van der Waals surface area contributed by atoms with E-state index in [-0.39, 0.29) is 18.3 Å². The second-order valence-corrected chi connectivity index (χ2v) is 15.0. The molecule has 1 heterocycles. The third kappa shape index (κ3) is 22.7. The summed E-state index contributed by atoms with van der Waals surface area (Å²) in [5.74, 6) is -0.0657. The lowest BCUT2D eigenvalue weighted by Crippen LogP contribution is -2.60. The SMILES string of the molecule is C=C(F)CC(C)CCCCCCCCCCC(=O)N[C@@H](COC1OC(CO)C(O)C(O)C1O)[C@H](O)CCCCCCCCCCCCCCC. The summed E-state index contributed by atoms with van der Waals surface area (Å²) in [6.45, 7) is 6.94. The van der Waals surface area contributed by atoms with E-state index in [1.165, 1.54) is 64.2 Å². The molecule has 0 radical (unpaired) electrons. The van der Waals surface area contributed by atoms with Crippen molar-refractivity contribution >= 4 is 5.91 Å². The van der Waals surface area contributed by atoms with Gasteiger partial charge < -0.3 is 40.3 Å². The first-order valence-corrected chi connectivity index (χ1v) is 20.3. The number of nitrogens with one attached hydrogen (secondary N) is 1. The van der Waals surface area contributed by atoms with E-state index in [2.05, 4.69) is 25.7 Å². The Morgan fingerprint density at radius 2 is 1.24 bits per heavy atom. The maximum Gasteiger partial charge on any atom is 0.220 e. The van der Waals surface area contributed by atoms with Crippen molar-refractivity contribution in [3.8, 4) is 0 Å². The predicted octanol–water partition coefficient (Wildman–Crippen LogP) is 7.54. The van der Waals surface area contributed by atoms with Crippen molar-refractivity contribution < 1.29 is 44.2 Å². The fourth-order valence-electron chi connectivity index (χ4n) is 6.82. The van der Waals surface area contributed by atoms with Gasteiger partial charge in [0.05, 0.1) is 31.2 Å². The maximum atomic E-state index is 12.9. The number of aliphatic hydroxyl groups is 5. The lowest BCUT2D eigenvalue weighted by Gasteiger charge is -2.40. The van der Waals surface area contributed by atoms with E-state index in [0.717, 1.165) is 77.0 Å². The Morgan fingerprint density at radius 3 is 1.74 bits per heavy atom. The second-order valence-electron chi connectivity index (χ2n) is 15.0. The first kappa shape index (κ1) is 46.9. The fourth-order valence-corrected chi connectivity index (χ4v) is 6.82. The van der Waals surface area contributed by atoms with Crippen LogP contribution in [-0.2, 0) is 14.3 Å². The monoisotopic (exact) mass is 718 g/mol. The zero-order valence-electron chi connectivity index (χ0n) is 31.8. The van der Waals surface area contributed by atoms with Crippen LogP contribution in [-0.4, -0.2) is 87.5 Å². The number of halogens is 1. The van der Waals surface area contributed by atoms with E-state index in [0.29, 0.717) is 25.2 Å². The van der Waals surface area contributed by atoms with Crippen molar-refractivity contribution in [3.63, 3.8) is 0 Å². The van der Waals surface area contributed by atoms with E-state index in [4.69, 9.17) is 9.47 Å². The Bertz CT molecular complexity index is 833. The van der Waals surface area contributed by atoms with Gasteiger partial charge in [0.1, 0.15) is 24.4 Å². The van der Waals surface area contributed by atoms with Gasteiger partial charge in [-0.1, -0.05) is 155 Å². The third-order valence-corrected chi connectivity index (χ3v) is 10.1. The zero-order chi connectivity index (χ0) is 37.0. The van der Waals surface area contributed by atoms with Gasteiger partial charge in [-0.05, 0) is 18.8 Å². The number of aliphatic hydroxyl groups excluding tert-OH is 5. The van der Waals surface area contributed by atoms with E-state index in [1.54, 1.807) is 0 Å². The number of amides is 1. The molecule has 1 amide bonds. The molecule has 9 nitrogen and oxygen atoms in total. The largest absolute Gasteiger partial charge is 0.394 e. The Kier molecular flexibility index (Phi) is 28.4. The van der Waals surface area contributed by atoms with Crippen LogP contribution in [0, 0.1) is 5.92 Å². The first-order chi connectivity index (χ1) is 24.1. The van der Waals surface area contributed by atoms with Gasteiger partial charge in [0.2, 0.25) is 5.91 Å². The van der Waals surface area contributed by atoms with Gasteiger partial charge >= 0.3 is 0 Å². The maximum absolute atomic E-state index is 12.9. The van der Waals surface area contributed by atoms with Gasteiger partial charge in [-0.3, -0.25) is 4.79 Å². The molecule has 1 aliphatic rings. The molecule has 0 aromatic rings. The normalized spacial score (nSPS) is 22.7. The fraction of sp³-hybridized carbons (Fsp3) is 0.925. The van der Waals surface area contributed by atoms with Crippen molar-refractivity contribution in [2.75, 3.05) is 13.2 Å². The molecule has 1 rings (SSSR count). The highest BCUT2D eigenvalue weighted by molar-refractivity contribution is 5.76. The molecule has 6 unspecified atom stereocenters. The highest BCUT2D eigenvalue weighted by atomic mass is 19.1. The average molecular weight is 718 g/mol. The van der Waals surface area contributed by atoms with Crippen molar-refractivity contribution in [2.45, 2.75) is 217 Å². The van der Waals surface area contributed by atoms with Crippen LogP contribution in [0.25, 0.3) is 0 Å². The summed E-state index contributed by atoms with van der Waals surface area (Å²) in [7, 11) is 0. The van der Waals surface area contributed by atoms with Gasteiger partial charge in [-0.2, -0.15) is 0 Å². The Balaban J connectivity index is 2.40. The van der Waals surface area contributed by atoms with E-state index in [1.807, 2.05) is 0 Å². The number of carbonyl (C=O) groups is 1. The van der Waals surface area contributed by atoms with Gasteiger partial charge in [-0.15, -0.1) is 0 Å². The molecule has 8 atom stereocenters. The predicted molar refractivity (Wildman–Crippen MR) is 198 cm³/mol. The van der Waals surface area contributed by atoms with Crippen LogP contribution < -0.4 is 5.32 Å². The smallest absolute Gasteiger partial charge is 0.220 e. The minimum atomic E-state index is -1.56. The molecule has 296 valence electrons. The van der Waals surface area contributed by atoms with Crippen LogP contribution in [0.2, 0.25) is 0 Å². The summed E-state index contributed by atoms with van der Waals surface area (Å²) >= 11 is 0. The minimum absolute atomic E-state index is 0.157. The summed E-state index contributed by atoms with van der Waals surface area (Å²) in [5, 5.41) is 54.1. The number of unbranched alkanes of at least 4 members (excludes halogenated alkanes) is 19. The molecule has 50 heavy (non-hydrogen) atoms. The quantitative estimate of drug-likeness (QED) is 0.0382. The highest BCUT2D eigenvalue weighted by Crippen LogP contribution is 2.23. The van der Waals surface area contributed by atoms with Crippen LogP contribution >= 0.6 is 0 Å². The number of allylic oxidation sites excluding steroid dienone is 1. The highest BCUT2D eigenvalue weighted by Gasteiger charge is 2.44. The lowest BCUT2D eigenvalue weighted by atomic mass is 9.98. The molecule has 6 N–H and O–H groups in total. The molecule has 1 saturated heterocycles. The molecule has 1 aliphatic heterocycles. The Labute approximate surface area is 303 Å². The minimum Gasteiger partial charge on any atom is -0.394 e. The van der Waals surface area contributed by atoms with E-state index in [9.17, 15) is 34.7 Å². The number of hydrogen-bond acceptors (Lipinski definition) is 8. The van der Waals surface area contributed by atoms with Gasteiger partial charge in [0, 0.05) is 12.8 Å². The van der Waals surface area contributed by atoms with E-state index >= 15 is 0 Å². The summed E-state index contributed by atoms with van der Waals surface area (Å²) in [6, 6.07) is -0.738. The first-order valence-electron chi connectivity index (χ1n) is 20.3. The van der Waals surface area contributed by atoms with Crippen LogP contribution in [0.15, 0.2) is 12.4 Å². The Morgan fingerprint density at radius 1 is 0.760 bits per heavy atom. The van der Waals surface area contributed by atoms with Crippen molar-refractivity contribution in [1.82, 2.24) is 5.32 Å². The van der Waals surface area contributed by atoms with Crippen LogP contribution in [0.4, 0.5) is 4.39 Å². The summed E-state index contributed by atoms with van der Waals surface area (Å²) in [5.41, 5.74) is 0. The van der Waals surface area contributed by atoms with Gasteiger partial charge in [0.25, 0.3) is 0 Å². The van der Waals surface area contributed by atoms with Crippen molar-refractivity contribution in [1.29, 1.82) is 0 Å².